The normalized spacial score (nSPS) is 28.0. The number of thiocarbonyl (C=S) groups is 1. The van der Waals surface area contributed by atoms with Crippen molar-refractivity contribution in [3.05, 3.63) is 30.1 Å². The molecule has 120 valence electrons. The third-order valence-electron chi connectivity index (χ3n) is 4.37. The number of hydrogen-bond acceptors (Lipinski definition) is 5. The van der Waals surface area contributed by atoms with Gasteiger partial charge in [0.2, 0.25) is 5.79 Å². The average molecular weight is 322 g/mol. The minimum absolute atomic E-state index is 0.379. The molecule has 2 rings (SSSR count). The molecule has 0 bridgehead atoms. The van der Waals surface area contributed by atoms with Gasteiger partial charge in [-0.15, -0.1) is 0 Å². The van der Waals surface area contributed by atoms with Crippen molar-refractivity contribution in [2.24, 2.45) is 0 Å². The van der Waals surface area contributed by atoms with Gasteiger partial charge in [-0.05, 0) is 24.5 Å². The number of rotatable bonds is 4. The highest BCUT2D eigenvalue weighted by molar-refractivity contribution is 7.80. The highest BCUT2D eigenvalue weighted by atomic mass is 32.1. The zero-order chi connectivity index (χ0) is 16.2. The number of esters is 1. The van der Waals surface area contributed by atoms with Gasteiger partial charge in [0.05, 0.1) is 4.99 Å². The second-order valence-corrected chi connectivity index (χ2v) is 5.89. The van der Waals surface area contributed by atoms with Crippen molar-refractivity contribution in [2.45, 2.75) is 43.8 Å². The first kappa shape index (κ1) is 16.8. The molecule has 1 heterocycles. The predicted octanol–water partition coefficient (Wildman–Crippen LogP) is 2.35. The van der Waals surface area contributed by atoms with E-state index in [1.54, 1.807) is 26.6 Å². The third kappa shape index (κ3) is 2.61. The maximum Gasteiger partial charge on any atom is 0.305 e. The summed E-state index contributed by atoms with van der Waals surface area (Å²) < 4.78 is 11.5. The monoisotopic (exact) mass is 322 g/mol. The van der Waals surface area contributed by atoms with Crippen LogP contribution in [0.3, 0.4) is 0 Å². The zero-order valence-corrected chi connectivity index (χ0v) is 14.0. The number of likely N-dealkylation sites (N-methyl/N-ethyl adjacent to an activating group) is 1. The van der Waals surface area contributed by atoms with Crippen LogP contribution in [0.15, 0.2) is 24.5 Å². The Labute approximate surface area is 136 Å². The number of nitrogens with one attached hydrogen (secondary N) is 1. The van der Waals surface area contributed by atoms with Crippen LogP contribution < -0.4 is 5.32 Å². The van der Waals surface area contributed by atoms with Crippen molar-refractivity contribution >= 4 is 23.2 Å². The van der Waals surface area contributed by atoms with E-state index in [-0.39, 0.29) is 5.97 Å². The summed E-state index contributed by atoms with van der Waals surface area (Å²) in [5.41, 5.74) is 0.168. The van der Waals surface area contributed by atoms with Crippen molar-refractivity contribution in [3.63, 3.8) is 0 Å². The van der Waals surface area contributed by atoms with Gasteiger partial charge in [0.1, 0.15) is 5.41 Å². The Bertz CT molecular complexity index is 552. The molecule has 1 saturated carbocycles. The summed E-state index contributed by atoms with van der Waals surface area (Å²) in [6.45, 7) is 1.39. The van der Waals surface area contributed by atoms with Gasteiger partial charge in [-0.2, -0.15) is 0 Å². The lowest BCUT2D eigenvalue weighted by atomic mass is 9.64. The molecule has 1 aliphatic carbocycles. The van der Waals surface area contributed by atoms with Gasteiger partial charge in [-0.25, -0.2) is 0 Å². The Hall–Kier alpha value is -1.53. The molecule has 0 aromatic carbocycles. The van der Waals surface area contributed by atoms with Crippen LogP contribution in [-0.2, 0) is 19.7 Å². The molecule has 0 saturated heterocycles. The summed E-state index contributed by atoms with van der Waals surface area (Å²) >= 11 is 5.63. The second-order valence-electron chi connectivity index (χ2n) is 5.48. The van der Waals surface area contributed by atoms with E-state index in [1.165, 1.54) is 6.92 Å². The molecule has 0 spiro atoms. The summed E-state index contributed by atoms with van der Waals surface area (Å²) in [7, 11) is 3.35. The molecule has 2 atom stereocenters. The van der Waals surface area contributed by atoms with Crippen molar-refractivity contribution in [3.8, 4) is 0 Å². The molecule has 1 aromatic heterocycles. The first-order chi connectivity index (χ1) is 10.5. The third-order valence-corrected chi connectivity index (χ3v) is 4.92. The van der Waals surface area contributed by atoms with E-state index >= 15 is 0 Å². The summed E-state index contributed by atoms with van der Waals surface area (Å²) in [6.07, 6.45) is 6.70. The molecule has 1 aromatic rings. The highest BCUT2D eigenvalue weighted by Crippen LogP contribution is 2.49. The molecule has 0 radical (unpaired) electrons. The van der Waals surface area contributed by atoms with Gasteiger partial charge in [-0.1, -0.05) is 24.7 Å². The van der Waals surface area contributed by atoms with Gasteiger partial charge in [0.15, 0.2) is 0 Å². The largest absolute Gasteiger partial charge is 0.432 e. The number of aromatic nitrogens is 1. The van der Waals surface area contributed by atoms with E-state index in [0.29, 0.717) is 11.4 Å². The van der Waals surface area contributed by atoms with E-state index in [0.717, 1.165) is 24.8 Å². The van der Waals surface area contributed by atoms with Crippen molar-refractivity contribution < 1.29 is 14.3 Å². The lowest BCUT2D eigenvalue weighted by Crippen LogP contribution is -2.63. The van der Waals surface area contributed by atoms with Crippen LogP contribution in [0.5, 0.6) is 0 Å². The fourth-order valence-corrected chi connectivity index (χ4v) is 3.83. The van der Waals surface area contributed by atoms with E-state index in [4.69, 9.17) is 21.7 Å². The Morgan fingerprint density at radius 3 is 2.68 bits per heavy atom. The lowest BCUT2D eigenvalue weighted by Gasteiger charge is -2.51. The number of carbonyl (C=O) groups excluding carboxylic acids is 1. The minimum Gasteiger partial charge on any atom is -0.432 e. The van der Waals surface area contributed by atoms with Gasteiger partial charge in [0, 0.05) is 39.9 Å². The molecule has 1 fully saturated rings. The highest BCUT2D eigenvalue weighted by Gasteiger charge is 2.60. The van der Waals surface area contributed by atoms with Crippen LogP contribution in [0.1, 0.15) is 38.2 Å². The first-order valence-corrected chi connectivity index (χ1v) is 7.80. The number of carbonyl (C=O) groups is 1. The number of hydrogen-bond donors (Lipinski definition) is 1. The summed E-state index contributed by atoms with van der Waals surface area (Å²) in [5, 5.41) is 3.07. The minimum atomic E-state index is -1.11. The average Bonchev–Trinajstić information content (AvgIpc) is 2.54. The molecule has 1 N–H and O–H groups in total. The van der Waals surface area contributed by atoms with Crippen LogP contribution in [0, 0.1) is 0 Å². The topological polar surface area (TPSA) is 60.5 Å². The predicted molar refractivity (Wildman–Crippen MR) is 87.5 cm³/mol. The van der Waals surface area contributed by atoms with E-state index in [2.05, 4.69) is 10.3 Å². The van der Waals surface area contributed by atoms with Crippen molar-refractivity contribution in [2.75, 3.05) is 14.2 Å². The van der Waals surface area contributed by atoms with Gasteiger partial charge < -0.3 is 14.8 Å². The summed E-state index contributed by atoms with van der Waals surface area (Å²) in [5.74, 6) is -1.49. The quantitative estimate of drug-likeness (QED) is 0.522. The van der Waals surface area contributed by atoms with Crippen molar-refractivity contribution in [1.29, 1.82) is 0 Å². The van der Waals surface area contributed by atoms with Crippen LogP contribution in [0.4, 0.5) is 0 Å². The Kier molecular flexibility index (Phi) is 5.13. The Balaban J connectivity index is 2.66. The molecule has 1 aliphatic rings. The van der Waals surface area contributed by atoms with E-state index in [1.807, 2.05) is 12.1 Å². The smallest absolute Gasteiger partial charge is 0.305 e. The van der Waals surface area contributed by atoms with Gasteiger partial charge in [0.25, 0.3) is 0 Å². The number of methoxy groups -OCH3 is 1. The van der Waals surface area contributed by atoms with Crippen LogP contribution >= 0.6 is 12.2 Å². The fourth-order valence-electron chi connectivity index (χ4n) is 3.45. The molecule has 22 heavy (non-hydrogen) atoms. The lowest BCUT2D eigenvalue weighted by molar-refractivity contribution is -0.252. The van der Waals surface area contributed by atoms with E-state index in [9.17, 15) is 4.79 Å². The second kappa shape index (κ2) is 6.71. The van der Waals surface area contributed by atoms with Gasteiger partial charge >= 0.3 is 5.97 Å². The summed E-state index contributed by atoms with van der Waals surface area (Å²) in [4.78, 5) is 16.5. The Morgan fingerprint density at radius 2 is 2.14 bits per heavy atom. The molecule has 2 unspecified atom stereocenters. The SMILES string of the molecule is CNC(=S)C1(c2cccnc2)CCCCC1(OC)OC(C)=O. The number of pyridine rings is 1. The zero-order valence-electron chi connectivity index (χ0n) is 13.2. The van der Waals surface area contributed by atoms with E-state index < -0.39 is 11.2 Å². The maximum absolute atomic E-state index is 11.7. The fraction of sp³-hybridized carbons (Fsp3) is 0.562. The van der Waals surface area contributed by atoms with Crippen molar-refractivity contribution in [1.82, 2.24) is 10.3 Å². The maximum atomic E-state index is 11.7. The van der Waals surface area contributed by atoms with Crippen LogP contribution in [0.25, 0.3) is 0 Å². The molecule has 5 nitrogen and oxygen atoms in total. The number of nitrogens with zero attached hydrogens (tertiary/aromatic N) is 1. The molecule has 0 amide bonds. The van der Waals surface area contributed by atoms with Gasteiger partial charge in [-0.3, -0.25) is 9.78 Å². The number of ether oxygens (including phenoxy) is 2. The van der Waals surface area contributed by atoms with Crippen LogP contribution in [-0.4, -0.2) is 35.9 Å². The molecular formula is C16H22N2O3S. The summed E-state index contributed by atoms with van der Waals surface area (Å²) in [6, 6.07) is 3.82. The molecular weight excluding hydrogens is 300 g/mol. The van der Waals surface area contributed by atoms with Crippen LogP contribution in [0.2, 0.25) is 0 Å². The first-order valence-electron chi connectivity index (χ1n) is 7.40. The standard InChI is InChI=1S/C16H22N2O3S/c1-12(19)21-16(20-3)9-5-4-8-15(16,14(22)17-2)13-7-6-10-18-11-13/h6-7,10-11H,4-5,8-9H2,1-3H3,(H,17,22). The molecule has 6 heteroatoms. The Morgan fingerprint density at radius 1 is 1.41 bits per heavy atom. The molecule has 0 aliphatic heterocycles.